The van der Waals surface area contributed by atoms with Crippen molar-refractivity contribution >= 4 is 47.3 Å². The van der Waals surface area contributed by atoms with E-state index in [0.29, 0.717) is 18.6 Å². The molecule has 3 N–H and O–H groups in total. The zero-order chi connectivity index (χ0) is 19.7. The van der Waals surface area contributed by atoms with Crippen molar-refractivity contribution in [3.63, 3.8) is 0 Å². The van der Waals surface area contributed by atoms with Crippen LogP contribution in [0.1, 0.15) is 33.6 Å². The number of fused-ring (bicyclic) bond motifs is 1. The van der Waals surface area contributed by atoms with Crippen molar-refractivity contribution in [1.82, 2.24) is 10.2 Å². The second-order valence-corrected chi connectivity index (χ2v) is 5.20. The Kier molecular flexibility index (Phi) is 9.17. The van der Waals surface area contributed by atoms with Gasteiger partial charge in [0.05, 0.1) is 11.1 Å². The lowest BCUT2D eigenvalue weighted by Gasteiger charge is -2.24. The number of likely N-dealkylation sites (N-methyl/N-ethyl adjacent to an activating group) is 1. The molecular weight excluding hydrogens is 378 g/mol. The lowest BCUT2D eigenvalue weighted by Crippen LogP contribution is -2.48. The lowest BCUT2D eigenvalue weighted by atomic mass is 10.1. The Morgan fingerprint density at radius 1 is 1.31 bits per heavy atom. The highest BCUT2D eigenvalue weighted by molar-refractivity contribution is 8.59. The second kappa shape index (κ2) is 10.8. The molecule has 0 radical (unpaired) electrons. The van der Waals surface area contributed by atoms with Crippen molar-refractivity contribution in [2.24, 2.45) is 5.73 Å². The molecule has 0 aromatic heterocycles. The topological polar surface area (TPSA) is 119 Å². The Hall–Kier alpha value is -2.04. The summed E-state index contributed by atoms with van der Waals surface area (Å²) in [4.78, 5) is 48.7. The Morgan fingerprint density at radius 2 is 1.96 bits per heavy atom. The fourth-order valence-corrected chi connectivity index (χ4v) is 2.56. The molecule has 10 heteroatoms. The number of carbonyl (C=O) groups excluding carboxylic acids is 4. The summed E-state index contributed by atoms with van der Waals surface area (Å²) in [6.07, 6.45) is 0.786. The van der Waals surface area contributed by atoms with Crippen molar-refractivity contribution in [3.8, 4) is 5.75 Å². The Balaban J connectivity index is 0.00000163. The molecule has 0 saturated carbocycles. The summed E-state index contributed by atoms with van der Waals surface area (Å²) in [6, 6.07) is 3.50. The van der Waals surface area contributed by atoms with Crippen molar-refractivity contribution in [3.05, 3.63) is 29.3 Å². The fourth-order valence-electron chi connectivity index (χ4n) is 2.56. The normalized spacial score (nSPS) is 13.5. The van der Waals surface area contributed by atoms with Gasteiger partial charge in [0.25, 0.3) is 11.8 Å². The van der Waals surface area contributed by atoms with Crippen LogP contribution >= 0.6 is 23.3 Å². The molecule has 0 saturated heterocycles. The first kappa shape index (κ1) is 22.0. The average molecular weight is 399 g/mol. The Morgan fingerprint density at radius 3 is 2.54 bits per heavy atom. The van der Waals surface area contributed by atoms with Crippen LogP contribution < -0.4 is 15.8 Å². The standard InChI is InChI=1S/C16H19N3O5.H2S2/c1-18-14(21)13(3-2-7-20)19-15(22)11-5-4-10(24-8-6-17)9-12(11)16(19)23;1-2/h4-5,7,9,13H,2-3,6,8,17H2,1H3,(H,18,21);1-2H. The van der Waals surface area contributed by atoms with Gasteiger partial charge >= 0.3 is 0 Å². The predicted molar refractivity (Wildman–Crippen MR) is 103 cm³/mol. The van der Waals surface area contributed by atoms with E-state index < -0.39 is 23.8 Å². The minimum absolute atomic E-state index is 0.0658. The van der Waals surface area contributed by atoms with E-state index in [1.807, 2.05) is 0 Å². The number of thiol groups is 2. The molecule has 8 nitrogen and oxygen atoms in total. The third-order valence-corrected chi connectivity index (χ3v) is 3.69. The van der Waals surface area contributed by atoms with E-state index in [1.54, 1.807) is 6.07 Å². The molecular formula is C16H21N3O5S2. The van der Waals surface area contributed by atoms with E-state index >= 15 is 0 Å². The van der Waals surface area contributed by atoms with Crippen LogP contribution in [0.4, 0.5) is 0 Å². The van der Waals surface area contributed by atoms with Crippen LogP contribution in [0.15, 0.2) is 18.2 Å². The summed E-state index contributed by atoms with van der Waals surface area (Å²) in [5.41, 5.74) is 5.75. The molecule has 26 heavy (non-hydrogen) atoms. The highest BCUT2D eigenvalue weighted by atomic mass is 33.1. The molecule has 1 aromatic carbocycles. The average Bonchev–Trinajstić information content (AvgIpc) is 2.92. The van der Waals surface area contributed by atoms with Crippen LogP contribution in [0, 0.1) is 0 Å². The van der Waals surface area contributed by atoms with Gasteiger partial charge in [-0.3, -0.25) is 19.3 Å². The molecule has 142 valence electrons. The number of nitrogens with zero attached hydrogens (tertiary/aromatic N) is 1. The number of amides is 3. The molecule has 1 heterocycles. The molecule has 1 aliphatic heterocycles. The summed E-state index contributed by atoms with van der Waals surface area (Å²) in [7, 11) is 1.41. The molecule has 1 aliphatic rings. The van der Waals surface area contributed by atoms with E-state index in [4.69, 9.17) is 10.5 Å². The summed E-state index contributed by atoms with van der Waals surface area (Å²) < 4.78 is 5.36. The number of nitrogens with two attached hydrogens (primary N) is 1. The van der Waals surface area contributed by atoms with Gasteiger partial charge in [0.15, 0.2) is 0 Å². The number of nitrogens with one attached hydrogen (secondary N) is 1. The maximum absolute atomic E-state index is 12.6. The van der Waals surface area contributed by atoms with Gasteiger partial charge in [-0.15, -0.1) is 23.3 Å². The number of hydrogen-bond donors (Lipinski definition) is 4. The Labute approximate surface area is 161 Å². The van der Waals surface area contributed by atoms with Gasteiger partial charge < -0.3 is 20.6 Å². The number of ether oxygens (including phenoxy) is 1. The largest absolute Gasteiger partial charge is 0.492 e. The molecule has 1 atom stereocenters. The van der Waals surface area contributed by atoms with Crippen LogP contribution in [0.2, 0.25) is 0 Å². The SMILES string of the molecule is CNC(=O)C(CCC=O)N1C(=O)c2ccc(OCCN)cc2C1=O.SS. The minimum atomic E-state index is -1.03. The summed E-state index contributed by atoms with van der Waals surface area (Å²) in [6.45, 7) is 0.603. The third-order valence-electron chi connectivity index (χ3n) is 3.69. The molecule has 0 fully saturated rings. The maximum atomic E-state index is 12.6. The first-order valence-electron chi connectivity index (χ1n) is 7.75. The van der Waals surface area contributed by atoms with Gasteiger partial charge in [0, 0.05) is 20.0 Å². The van der Waals surface area contributed by atoms with Gasteiger partial charge in [-0.05, 0) is 24.6 Å². The van der Waals surface area contributed by atoms with E-state index in [9.17, 15) is 19.2 Å². The van der Waals surface area contributed by atoms with Crippen LogP contribution in [0.3, 0.4) is 0 Å². The molecule has 2 rings (SSSR count). The predicted octanol–water partition coefficient (Wildman–Crippen LogP) is 0.475. The van der Waals surface area contributed by atoms with Gasteiger partial charge in [0.1, 0.15) is 24.7 Å². The second-order valence-electron chi connectivity index (χ2n) is 5.20. The molecule has 0 bridgehead atoms. The van der Waals surface area contributed by atoms with Gasteiger partial charge in [-0.1, -0.05) is 0 Å². The van der Waals surface area contributed by atoms with E-state index in [-0.39, 0.29) is 30.6 Å². The number of imide groups is 1. The number of aldehydes is 1. The van der Waals surface area contributed by atoms with Crippen LogP contribution in [-0.2, 0) is 9.59 Å². The van der Waals surface area contributed by atoms with Gasteiger partial charge in [0.2, 0.25) is 5.91 Å². The summed E-state index contributed by atoms with van der Waals surface area (Å²) >= 11 is 6.44. The Bertz CT molecular complexity index is 684. The van der Waals surface area contributed by atoms with Crippen LogP contribution in [0.5, 0.6) is 5.75 Å². The van der Waals surface area contributed by atoms with Crippen molar-refractivity contribution in [2.75, 3.05) is 20.2 Å². The lowest BCUT2D eigenvalue weighted by molar-refractivity contribution is -0.124. The highest BCUT2D eigenvalue weighted by Gasteiger charge is 2.42. The zero-order valence-corrected chi connectivity index (χ0v) is 16.0. The van der Waals surface area contributed by atoms with Gasteiger partial charge in [-0.2, -0.15) is 0 Å². The van der Waals surface area contributed by atoms with Crippen molar-refractivity contribution in [1.29, 1.82) is 0 Å². The van der Waals surface area contributed by atoms with Crippen LogP contribution in [-0.4, -0.2) is 55.1 Å². The minimum Gasteiger partial charge on any atom is -0.492 e. The zero-order valence-electron chi connectivity index (χ0n) is 14.2. The van der Waals surface area contributed by atoms with E-state index in [2.05, 4.69) is 28.6 Å². The summed E-state index contributed by atoms with van der Waals surface area (Å²) in [5, 5.41) is 2.42. The van der Waals surface area contributed by atoms with Gasteiger partial charge in [-0.25, -0.2) is 0 Å². The first-order chi connectivity index (χ1) is 12.5. The first-order valence-corrected chi connectivity index (χ1v) is 9.35. The smallest absolute Gasteiger partial charge is 0.262 e. The molecule has 3 amide bonds. The molecule has 0 aliphatic carbocycles. The monoisotopic (exact) mass is 399 g/mol. The van der Waals surface area contributed by atoms with Crippen LogP contribution in [0.25, 0.3) is 0 Å². The quantitative estimate of drug-likeness (QED) is 0.218. The van der Waals surface area contributed by atoms with E-state index in [1.165, 1.54) is 19.2 Å². The molecule has 1 unspecified atom stereocenters. The number of benzene rings is 1. The fraction of sp³-hybridized carbons (Fsp3) is 0.375. The van der Waals surface area contributed by atoms with E-state index in [0.717, 1.165) is 4.90 Å². The number of carbonyl (C=O) groups is 4. The van der Waals surface area contributed by atoms with Crippen molar-refractivity contribution < 1.29 is 23.9 Å². The maximum Gasteiger partial charge on any atom is 0.262 e. The van der Waals surface area contributed by atoms with Crippen molar-refractivity contribution in [2.45, 2.75) is 18.9 Å². The highest BCUT2D eigenvalue weighted by Crippen LogP contribution is 2.29. The molecule has 0 spiro atoms. The number of rotatable bonds is 8. The number of hydrogen-bond acceptors (Lipinski definition) is 8. The summed E-state index contributed by atoms with van der Waals surface area (Å²) in [5.74, 6) is -1.20. The third kappa shape index (κ3) is 4.77. The molecule has 1 aromatic rings.